The molecule has 0 unspecified atom stereocenters. The van der Waals surface area contributed by atoms with Crippen LogP contribution < -0.4 is 10.6 Å². The van der Waals surface area contributed by atoms with E-state index in [1.165, 1.54) is 5.70 Å². The second-order valence-corrected chi connectivity index (χ2v) is 6.11. The van der Waals surface area contributed by atoms with Crippen LogP contribution in [0.2, 0.25) is 5.02 Å². The van der Waals surface area contributed by atoms with Crippen LogP contribution in [-0.2, 0) is 0 Å². The highest BCUT2D eigenvalue weighted by Gasteiger charge is 2.24. The van der Waals surface area contributed by atoms with Gasteiger partial charge in [-0.15, -0.1) is 0 Å². The lowest BCUT2D eigenvalue weighted by Gasteiger charge is -2.34. The molecule has 2 nitrogen and oxygen atoms in total. The van der Waals surface area contributed by atoms with Gasteiger partial charge in [0.1, 0.15) is 0 Å². The van der Waals surface area contributed by atoms with Gasteiger partial charge in [0.2, 0.25) is 0 Å². The average Bonchev–Trinajstić information content (AvgIpc) is 2.56. The standard InChI is InChI=1S/C20H21ClN2/c1-15-20-16(8-7-12-19(20)21)14-18(11-5-6-13-22)23(15)17-9-3-2-4-10-17/h2-4,7-10,12,14H,1,5-6,11,13,22H2. The number of rotatable bonds is 5. The lowest BCUT2D eigenvalue weighted by atomic mass is 9.96. The first-order valence-corrected chi connectivity index (χ1v) is 8.34. The van der Waals surface area contributed by atoms with E-state index in [2.05, 4.69) is 35.8 Å². The molecule has 118 valence electrons. The van der Waals surface area contributed by atoms with Crippen molar-refractivity contribution in [3.05, 3.63) is 77.0 Å². The predicted octanol–water partition coefficient (Wildman–Crippen LogP) is 5.30. The first-order valence-electron chi connectivity index (χ1n) is 7.96. The molecule has 2 aromatic rings. The van der Waals surface area contributed by atoms with Crippen LogP contribution in [0.5, 0.6) is 0 Å². The fraction of sp³-hybridized carbons (Fsp3) is 0.200. The topological polar surface area (TPSA) is 29.3 Å². The molecule has 0 fully saturated rings. The Bertz CT molecular complexity index is 735. The number of hydrogen-bond acceptors (Lipinski definition) is 2. The van der Waals surface area contributed by atoms with Crippen LogP contribution in [-0.4, -0.2) is 6.54 Å². The molecular formula is C20H21ClN2. The van der Waals surface area contributed by atoms with Gasteiger partial charge >= 0.3 is 0 Å². The van der Waals surface area contributed by atoms with E-state index in [0.29, 0.717) is 0 Å². The molecule has 0 aliphatic carbocycles. The maximum absolute atomic E-state index is 6.43. The van der Waals surface area contributed by atoms with Gasteiger partial charge in [0.05, 0.1) is 5.02 Å². The molecule has 2 aromatic carbocycles. The zero-order valence-electron chi connectivity index (χ0n) is 13.1. The number of para-hydroxylation sites is 1. The molecule has 0 amide bonds. The molecule has 2 N–H and O–H groups in total. The SMILES string of the molecule is C=C1c2c(Cl)cccc2C=C(CCCCN)N1c1ccccc1. The Labute approximate surface area is 142 Å². The van der Waals surface area contributed by atoms with Crippen molar-refractivity contribution in [2.24, 2.45) is 5.73 Å². The number of nitrogens with zero attached hydrogens (tertiary/aromatic N) is 1. The highest BCUT2D eigenvalue weighted by atomic mass is 35.5. The number of allylic oxidation sites excluding steroid dienone is 1. The van der Waals surface area contributed by atoms with E-state index in [1.807, 2.05) is 30.3 Å². The molecule has 1 aliphatic rings. The van der Waals surface area contributed by atoms with E-state index in [-0.39, 0.29) is 0 Å². The van der Waals surface area contributed by atoms with Gasteiger partial charge in [-0.1, -0.05) is 48.5 Å². The lowest BCUT2D eigenvalue weighted by molar-refractivity contribution is 0.734. The van der Waals surface area contributed by atoms with Crippen molar-refractivity contribution < 1.29 is 0 Å². The molecule has 1 aliphatic heterocycles. The largest absolute Gasteiger partial charge is 0.330 e. The van der Waals surface area contributed by atoms with E-state index in [4.69, 9.17) is 17.3 Å². The summed E-state index contributed by atoms with van der Waals surface area (Å²) in [7, 11) is 0. The second-order valence-electron chi connectivity index (χ2n) is 5.70. The molecule has 0 saturated heterocycles. The normalized spacial score (nSPS) is 13.7. The molecule has 0 aromatic heterocycles. The van der Waals surface area contributed by atoms with Crippen LogP contribution in [0.25, 0.3) is 11.8 Å². The van der Waals surface area contributed by atoms with Crippen LogP contribution in [0.1, 0.15) is 30.4 Å². The monoisotopic (exact) mass is 324 g/mol. The third kappa shape index (κ3) is 3.19. The van der Waals surface area contributed by atoms with Crippen molar-refractivity contribution >= 4 is 29.1 Å². The van der Waals surface area contributed by atoms with Crippen molar-refractivity contribution in [1.29, 1.82) is 0 Å². The Hall–Kier alpha value is -2.03. The maximum Gasteiger partial charge on any atom is 0.0505 e. The van der Waals surface area contributed by atoms with Gasteiger partial charge in [0.25, 0.3) is 0 Å². The molecule has 3 rings (SSSR count). The molecule has 0 spiro atoms. The molecule has 0 atom stereocenters. The van der Waals surface area contributed by atoms with Gasteiger partial charge < -0.3 is 10.6 Å². The average molecular weight is 325 g/mol. The van der Waals surface area contributed by atoms with Gasteiger partial charge in [-0.2, -0.15) is 0 Å². The molecule has 23 heavy (non-hydrogen) atoms. The summed E-state index contributed by atoms with van der Waals surface area (Å²) < 4.78 is 0. The van der Waals surface area contributed by atoms with Crippen molar-refractivity contribution in [3.63, 3.8) is 0 Å². The van der Waals surface area contributed by atoms with E-state index in [9.17, 15) is 0 Å². The highest BCUT2D eigenvalue weighted by molar-refractivity contribution is 6.33. The van der Waals surface area contributed by atoms with Crippen LogP contribution in [0.15, 0.2) is 60.8 Å². The zero-order valence-corrected chi connectivity index (χ0v) is 13.9. The molecular weight excluding hydrogens is 304 g/mol. The fourth-order valence-corrected chi connectivity index (χ4v) is 3.32. The van der Waals surface area contributed by atoms with E-state index in [1.54, 1.807) is 0 Å². The summed E-state index contributed by atoms with van der Waals surface area (Å²) in [6, 6.07) is 16.3. The maximum atomic E-state index is 6.43. The fourth-order valence-electron chi connectivity index (χ4n) is 3.03. The van der Waals surface area contributed by atoms with E-state index >= 15 is 0 Å². The van der Waals surface area contributed by atoms with Gasteiger partial charge in [-0.25, -0.2) is 0 Å². The summed E-state index contributed by atoms with van der Waals surface area (Å²) in [4.78, 5) is 2.21. The zero-order chi connectivity index (χ0) is 16.2. The molecule has 1 heterocycles. The second kappa shape index (κ2) is 7.03. The van der Waals surface area contributed by atoms with Crippen LogP contribution >= 0.6 is 11.6 Å². The van der Waals surface area contributed by atoms with Gasteiger partial charge in [-0.05, 0) is 55.6 Å². The number of halogens is 1. The summed E-state index contributed by atoms with van der Waals surface area (Å²) in [6.45, 7) is 5.05. The highest BCUT2D eigenvalue weighted by Crippen LogP contribution is 2.40. The summed E-state index contributed by atoms with van der Waals surface area (Å²) in [5.41, 5.74) is 11.1. The Kier molecular flexibility index (Phi) is 4.85. The first kappa shape index (κ1) is 15.9. The van der Waals surface area contributed by atoms with Crippen molar-refractivity contribution in [2.45, 2.75) is 19.3 Å². The Morgan fingerprint density at radius 1 is 1.00 bits per heavy atom. The number of nitrogens with two attached hydrogens (primary N) is 1. The summed E-state index contributed by atoms with van der Waals surface area (Å²) >= 11 is 6.43. The Balaban J connectivity index is 2.05. The van der Waals surface area contributed by atoms with Gasteiger partial charge in [0, 0.05) is 22.6 Å². The smallest absolute Gasteiger partial charge is 0.0505 e. The third-order valence-corrected chi connectivity index (χ3v) is 4.43. The van der Waals surface area contributed by atoms with Crippen LogP contribution in [0, 0.1) is 0 Å². The number of anilines is 1. The number of hydrogen-bond donors (Lipinski definition) is 1. The van der Waals surface area contributed by atoms with E-state index < -0.39 is 0 Å². The Morgan fingerprint density at radius 2 is 1.78 bits per heavy atom. The van der Waals surface area contributed by atoms with Crippen molar-refractivity contribution in [1.82, 2.24) is 0 Å². The van der Waals surface area contributed by atoms with Crippen molar-refractivity contribution in [3.8, 4) is 0 Å². The number of benzene rings is 2. The predicted molar refractivity (Wildman–Crippen MR) is 100 cm³/mol. The molecule has 3 heteroatoms. The lowest BCUT2D eigenvalue weighted by Crippen LogP contribution is -2.24. The van der Waals surface area contributed by atoms with Gasteiger partial charge in [0.15, 0.2) is 0 Å². The number of unbranched alkanes of at least 4 members (excludes halogenated alkanes) is 1. The Morgan fingerprint density at radius 3 is 2.52 bits per heavy atom. The first-order chi connectivity index (χ1) is 11.2. The van der Waals surface area contributed by atoms with Gasteiger partial charge in [-0.3, -0.25) is 0 Å². The molecule has 0 radical (unpaired) electrons. The van der Waals surface area contributed by atoms with Crippen molar-refractivity contribution in [2.75, 3.05) is 11.4 Å². The summed E-state index contributed by atoms with van der Waals surface area (Å²) in [6.07, 6.45) is 5.28. The number of fused-ring (bicyclic) bond motifs is 1. The minimum Gasteiger partial charge on any atom is -0.330 e. The quantitative estimate of drug-likeness (QED) is 0.756. The van der Waals surface area contributed by atoms with E-state index in [0.717, 1.165) is 53.3 Å². The van der Waals surface area contributed by atoms with Crippen LogP contribution in [0.3, 0.4) is 0 Å². The summed E-state index contributed by atoms with van der Waals surface area (Å²) in [5, 5.41) is 0.741. The molecule has 0 bridgehead atoms. The molecule has 0 saturated carbocycles. The summed E-state index contributed by atoms with van der Waals surface area (Å²) in [5.74, 6) is 0. The minimum atomic E-state index is 0.724. The minimum absolute atomic E-state index is 0.724. The third-order valence-electron chi connectivity index (χ3n) is 4.12. The van der Waals surface area contributed by atoms with Crippen LogP contribution in [0.4, 0.5) is 5.69 Å².